The fourth-order valence-electron chi connectivity index (χ4n) is 4.71. The molecule has 0 spiro atoms. The van der Waals surface area contributed by atoms with Crippen molar-refractivity contribution in [3.63, 3.8) is 0 Å². The highest BCUT2D eigenvalue weighted by Gasteiger charge is 2.41. The van der Waals surface area contributed by atoms with Gasteiger partial charge in [-0.3, -0.25) is 14.4 Å². The van der Waals surface area contributed by atoms with E-state index in [1.165, 1.54) is 0 Å². The van der Waals surface area contributed by atoms with E-state index in [-0.39, 0.29) is 29.9 Å². The third-order valence-electron chi connectivity index (χ3n) is 5.78. The van der Waals surface area contributed by atoms with Crippen molar-refractivity contribution in [3.8, 4) is 0 Å². The van der Waals surface area contributed by atoms with Crippen molar-refractivity contribution in [1.82, 2.24) is 0 Å². The number of carbonyl (C=O) groups excluding carboxylic acids is 3. The van der Waals surface area contributed by atoms with Crippen LogP contribution in [0.1, 0.15) is 71.1 Å². The highest BCUT2D eigenvalue weighted by molar-refractivity contribution is 6.22. The zero-order chi connectivity index (χ0) is 20.4. The second-order valence-corrected chi connectivity index (χ2v) is 7.69. The van der Waals surface area contributed by atoms with E-state index >= 15 is 0 Å². The van der Waals surface area contributed by atoms with Crippen molar-refractivity contribution in [2.24, 2.45) is 11.1 Å². The molecule has 2 aliphatic rings. The number of benzene rings is 1. The number of oxime groups is 1. The molecule has 0 atom stereocenters. The summed E-state index contributed by atoms with van der Waals surface area (Å²) in [6.45, 7) is 9.64. The summed E-state index contributed by atoms with van der Waals surface area (Å²) in [5, 5.41) is 4.01. The Bertz CT molecular complexity index is 863. The zero-order valence-electron chi connectivity index (χ0n) is 16.8. The first-order valence-electron chi connectivity index (χ1n) is 9.90. The van der Waals surface area contributed by atoms with Crippen LogP contribution in [0, 0.1) is 19.8 Å². The van der Waals surface area contributed by atoms with Gasteiger partial charge in [0.2, 0.25) is 0 Å². The molecule has 1 aromatic rings. The maximum Gasteiger partial charge on any atom is 0.163 e. The topological polar surface area (TPSA) is 72.8 Å². The number of hydrogen-bond donors (Lipinski definition) is 0. The molecule has 0 aliphatic heterocycles. The molecule has 28 heavy (non-hydrogen) atoms. The van der Waals surface area contributed by atoms with Gasteiger partial charge in [0.05, 0.1) is 5.71 Å². The number of nitrogens with zero attached hydrogens (tertiary/aromatic N) is 1. The molecule has 3 rings (SSSR count). The van der Waals surface area contributed by atoms with Crippen molar-refractivity contribution >= 4 is 23.1 Å². The van der Waals surface area contributed by atoms with Gasteiger partial charge in [-0.1, -0.05) is 30.8 Å². The maximum absolute atomic E-state index is 12.9. The summed E-state index contributed by atoms with van der Waals surface area (Å²) >= 11 is 0. The van der Waals surface area contributed by atoms with Crippen LogP contribution in [-0.4, -0.2) is 29.7 Å². The molecule has 0 heterocycles. The Morgan fingerprint density at radius 3 is 2.46 bits per heavy atom. The van der Waals surface area contributed by atoms with Crippen molar-refractivity contribution < 1.29 is 19.2 Å². The number of Topliss-reactive ketones (excluding diaryl/α,β-unsaturated/α-hetero) is 3. The summed E-state index contributed by atoms with van der Waals surface area (Å²) < 4.78 is 0. The van der Waals surface area contributed by atoms with Gasteiger partial charge < -0.3 is 4.84 Å². The summed E-state index contributed by atoms with van der Waals surface area (Å²) in [6.07, 6.45) is 3.85. The smallest absolute Gasteiger partial charge is 0.163 e. The van der Waals surface area contributed by atoms with Crippen molar-refractivity contribution in [2.45, 2.75) is 58.8 Å². The third-order valence-corrected chi connectivity index (χ3v) is 5.78. The Morgan fingerprint density at radius 1 is 1.18 bits per heavy atom. The van der Waals surface area contributed by atoms with E-state index in [9.17, 15) is 14.4 Å². The van der Waals surface area contributed by atoms with Crippen molar-refractivity contribution in [3.05, 3.63) is 46.5 Å². The lowest BCUT2D eigenvalue weighted by atomic mass is 9.72. The summed E-state index contributed by atoms with van der Waals surface area (Å²) in [5.74, 6) is -1.03. The number of hydrogen-bond acceptors (Lipinski definition) is 5. The Kier molecular flexibility index (Phi) is 5.92. The normalized spacial score (nSPS) is 22.4. The van der Waals surface area contributed by atoms with Gasteiger partial charge >= 0.3 is 0 Å². The van der Waals surface area contributed by atoms with E-state index in [0.29, 0.717) is 37.8 Å². The average molecular weight is 381 g/mol. The molecule has 2 aliphatic carbocycles. The first-order valence-corrected chi connectivity index (χ1v) is 9.90. The number of carbonyl (C=O) groups is 3. The van der Waals surface area contributed by atoms with E-state index in [2.05, 4.69) is 11.7 Å². The van der Waals surface area contributed by atoms with Crippen LogP contribution in [-0.2, 0) is 20.8 Å². The molecule has 0 aromatic heterocycles. The van der Waals surface area contributed by atoms with E-state index in [1.54, 1.807) is 6.08 Å². The number of rotatable bonds is 6. The number of ketones is 3. The minimum atomic E-state index is -0.813. The molecule has 1 fully saturated rings. The van der Waals surface area contributed by atoms with Crippen LogP contribution in [0.4, 0.5) is 0 Å². The van der Waals surface area contributed by atoms with Gasteiger partial charge in [-0.25, -0.2) is 0 Å². The van der Waals surface area contributed by atoms with Gasteiger partial charge in [0.15, 0.2) is 5.78 Å². The quantitative estimate of drug-likeness (QED) is 0.245. The molecule has 0 bridgehead atoms. The van der Waals surface area contributed by atoms with E-state index < -0.39 is 5.92 Å². The zero-order valence-corrected chi connectivity index (χ0v) is 16.8. The molecule has 5 heteroatoms. The van der Waals surface area contributed by atoms with Gasteiger partial charge in [-0.15, -0.1) is 0 Å². The van der Waals surface area contributed by atoms with Gasteiger partial charge in [-0.05, 0) is 54.9 Å². The third kappa shape index (κ3) is 3.58. The number of fused-ring (bicyclic) bond motifs is 1. The summed E-state index contributed by atoms with van der Waals surface area (Å²) in [4.78, 5) is 43.3. The molecule has 1 aromatic carbocycles. The van der Waals surface area contributed by atoms with Gasteiger partial charge in [0.25, 0.3) is 0 Å². The molecule has 5 nitrogen and oxygen atoms in total. The first-order chi connectivity index (χ1) is 13.4. The fraction of sp³-hybridized carbons (Fsp3) is 0.478. The van der Waals surface area contributed by atoms with Crippen molar-refractivity contribution in [2.75, 3.05) is 6.61 Å². The van der Waals surface area contributed by atoms with Crippen LogP contribution in [0.5, 0.6) is 0 Å². The van der Waals surface area contributed by atoms with Gasteiger partial charge in [0, 0.05) is 24.8 Å². The van der Waals surface area contributed by atoms with E-state index in [1.807, 2.05) is 26.8 Å². The standard InChI is InChI=1S/C23H27NO4/c1-5-9-28-24-17(6-2)23-19(26)11-15(12-20(23)27)21-13(3)10-14(4)22-16(21)7-8-18(22)25/h5,10,15,23H,1,6-9,11-12H2,2-4H3/b24-17-. The SMILES string of the molecule is C=CCO/N=C(/CC)C1C(=O)CC(c2c(C)cc(C)c3c2CCC3=O)CC1=O. The monoisotopic (exact) mass is 381 g/mol. The molecular weight excluding hydrogens is 354 g/mol. The van der Waals surface area contributed by atoms with Crippen LogP contribution in [0.3, 0.4) is 0 Å². The highest BCUT2D eigenvalue weighted by Crippen LogP contribution is 2.40. The summed E-state index contributed by atoms with van der Waals surface area (Å²) in [6, 6.07) is 2.01. The summed E-state index contributed by atoms with van der Waals surface area (Å²) in [5.41, 5.74) is 5.42. The van der Waals surface area contributed by atoms with E-state index in [4.69, 9.17) is 4.84 Å². The molecule has 0 amide bonds. The Morgan fingerprint density at radius 2 is 1.86 bits per heavy atom. The lowest BCUT2D eigenvalue weighted by molar-refractivity contribution is -0.133. The molecule has 0 N–H and O–H groups in total. The second-order valence-electron chi connectivity index (χ2n) is 7.69. The molecule has 148 valence electrons. The molecule has 0 saturated heterocycles. The summed E-state index contributed by atoms with van der Waals surface area (Å²) in [7, 11) is 0. The van der Waals surface area contributed by atoms with Crippen LogP contribution < -0.4 is 0 Å². The molecular formula is C23H27NO4. The predicted octanol–water partition coefficient (Wildman–Crippen LogP) is 4.03. The lowest BCUT2D eigenvalue weighted by Gasteiger charge is -2.29. The largest absolute Gasteiger partial charge is 0.392 e. The lowest BCUT2D eigenvalue weighted by Crippen LogP contribution is -2.38. The molecule has 0 unspecified atom stereocenters. The first kappa shape index (κ1) is 20.2. The Hall–Kier alpha value is -2.56. The highest BCUT2D eigenvalue weighted by atomic mass is 16.6. The second kappa shape index (κ2) is 8.21. The fourth-order valence-corrected chi connectivity index (χ4v) is 4.71. The predicted molar refractivity (Wildman–Crippen MR) is 108 cm³/mol. The average Bonchev–Trinajstić information content (AvgIpc) is 3.01. The molecule has 1 saturated carbocycles. The van der Waals surface area contributed by atoms with Crippen LogP contribution in [0.15, 0.2) is 23.9 Å². The van der Waals surface area contributed by atoms with Gasteiger partial charge in [0.1, 0.15) is 24.1 Å². The maximum atomic E-state index is 12.9. The van der Waals surface area contributed by atoms with Gasteiger partial charge in [-0.2, -0.15) is 0 Å². The van der Waals surface area contributed by atoms with Crippen LogP contribution >= 0.6 is 0 Å². The number of aryl methyl sites for hydroxylation is 2. The Balaban J connectivity index is 1.91. The van der Waals surface area contributed by atoms with Crippen LogP contribution in [0.25, 0.3) is 0 Å². The van der Waals surface area contributed by atoms with Crippen LogP contribution in [0.2, 0.25) is 0 Å². The van der Waals surface area contributed by atoms with Crippen molar-refractivity contribution in [1.29, 1.82) is 0 Å². The minimum Gasteiger partial charge on any atom is -0.392 e. The minimum absolute atomic E-state index is 0.109. The Labute approximate surface area is 165 Å². The molecule has 0 radical (unpaired) electrons. The van der Waals surface area contributed by atoms with E-state index in [0.717, 1.165) is 27.8 Å².